The van der Waals surface area contributed by atoms with Crippen molar-refractivity contribution < 1.29 is 5.11 Å². The summed E-state index contributed by atoms with van der Waals surface area (Å²) in [5.41, 5.74) is 0. The third-order valence-electron chi connectivity index (χ3n) is 4.29. The number of halogens is 1. The molecule has 0 aromatic carbocycles. The van der Waals surface area contributed by atoms with Gasteiger partial charge in [-0.2, -0.15) is 0 Å². The van der Waals surface area contributed by atoms with E-state index in [0.717, 1.165) is 31.0 Å². The molecule has 0 aliphatic rings. The summed E-state index contributed by atoms with van der Waals surface area (Å²) in [5.74, 6) is 6.09. The maximum atomic E-state index is 9.61. The van der Waals surface area contributed by atoms with Crippen molar-refractivity contribution in [3.8, 4) is 11.8 Å². The molecule has 0 aliphatic heterocycles. The molecule has 1 nitrogen and oxygen atoms in total. The second-order valence-electron chi connectivity index (χ2n) is 6.66. The zero-order chi connectivity index (χ0) is 17.0. The molecule has 0 amide bonds. The molecule has 0 bridgehead atoms. The molecule has 2 heteroatoms. The quantitative estimate of drug-likeness (QED) is 0.172. The van der Waals surface area contributed by atoms with Crippen LogP contribution in [0.15, 0.2) is 0 Å². The van der Waals surface area contributed by atoms with E-state index < -0.39 is 6.10 Å². The number of rotatable bonds is 16. The van der Waals surface area contributed by atoms with Gasteiger partial charge in [-0.1, -0.05) is 106 Å². The fraction of sp³-hybridized carbons (Fsp3) is 0.905. The van der Waals surface area contributed by atoms with Gasteiger partial charge in [-0.3, -0.25) is 0 Å². The van der Waals surface area contributed by atoms with Crippen molar-refractivity contribution in [3.63, 3.8) is 0 Å². The van der Waals surface area contributed by atoms with Crippen molar-refractivity contribution in [2.45, 2.75) is 116 Å². The van der Waals surface area contributed by atoms with Gasteiger partial charge < -0.3 is 5.11 Å². The molecule has 23 heavy (non-hydrogen) atoms. The average Bonchev–Trinajstić information content (AvgIpc) is 2.56. The van der Waals surface area contributed by atoms with Crippen LogP contribution < -0.4 is 0 Å². The topological polar surface area (TPSA) is 20.2 Å². The molecule has 0 rings (SSSR count). The molecule has 0 fully saturated rings. The van der Waals surface area contributed by atoms with Gasteiger partial charge in [0.15, 0.2) is 0 Å². The fourth-order valence-electron chi connectivity index (χ4n) is 2.74. The van der Waals surface area contributed by atoms with Gasteiger partial charge in [-0.05, 0) is 19.3 Å². The lowest BCUT2D eigenvalue weighted by molar-refractivity contribution is 0.218. The normalized spacial score (nSPS) is 12.0. The van der Waals surface area contributed by atoms with Gasteiger partial charge in [0.1, 0.15) is 6.10 Å². The van der Waals surface area contributed by atoms with Gasteiger partial charge in [0.25, 0.3) is 0 Å². The Hall–Kier alpha value is 0. The summed E-state index contributed by atoms with van der Waals surface area (Å²) in [5, 5.41) is 10.8. The van der Waals surface area contributed by atoms with Gasteiger partial charge in [0, 0.05) is 11.8 Å². The standard InChI is InChI=1S/C21H39BrO/c1-2-3-18-21(23)19-16-14-12-10-8-6-4-5-7-9-11-13-15-17-20-22/h21,23H,2-15,17-18,20H2,1H3/t21-/m0/s1. The van der Waals surface area contributed by atoms with Gasteiger partial charge in [0.05, 0.1) is 0 Å². The predicted molar refractivity (Wildman–Crippen MR) is 107 cm³/mol. The fourth-order valence-corrected chi connectivity index (χ4v) is 3.13. The van der Waals surface area contributed by atoms with Crippen LogP contribution in [0.4, 0.5) is 0 Å². The van der Waals surface area contributed by atoms with E-state index in [-0.39, 0.29) is 0 Å². The largest absolute Gasteiger partial charge is 0.380 e. The zero-order valence-electron chi connectivity index (χ0n) is 15.4. The highest BCUT2D eigenvalue weighted by Crippen LogP contribution is 2.12. The van der Waals surface area contributed by atoms with E-state index in [1.165, 1.54) is 77.0 Å². The second kappa shape index (κ2) is 20.0. The van der Waals surface area contributed by atoms with Crippen molar-refractivity contribution in [1.82, 2.24) is 0 Å². The molecule has 0 saturated carbocycles. The Bertz CT molecular complexity index is 279. The van der Waals surface area contributed by atoms with Crippen LogP contribution in [0, 0.1) is 11.8 Å². The minimum absolute atomic E-state index is 0.394. The lowest BCUT2D eigenvalue weighted by Crippen LogP contribution is -2.01. The van der Waals surface area contributed by atoms with Crippen molar-refractivity contribution in [2.24, 2.45) is 0 Å². The molecule has 0 aromatic rings. The summed E-state index contributed by atoms with van der Waals surface area (Å²) in [6, 6.07) is 0. The number of alkyl halides is 1. The smallest absolute Gasteiger partial charge is 0.114 e. The van der Waals surface area contributed by atoms with E-state index in [9.17, 15) is 5.11 Å². The lowest BCUT2D eigenvalue weighted by Gasteiger charge is -2.02. The molecule has 1 N–H and O–H groups in total. The molecule has 0 radical (unpaired) electrons. The summed E-state index contributed by atoms with van der Waals surface area (Å²) in [6.07, 6.45) is 20.1. The number of aliphatic hydroxyl groups is 1. The third-order valence-corrected chi connectivity index (χ3v) is 4.85. The molecule has 0 saturated heterocycles. The summed E-state index contributed by atoms with van der Waals surface area (Å²) in [4.78, 5) is 0. The summed E-state index contributed by atoms with van der Waals surface area (Å²) in [7, 11) is 0. The molecule has 0 aliphatic carbocycles. The highest BCUT2D eigenvalue weighted by atomic mass is 79.9. The van der Waals surface area contributed by atoms with Crippen molar-refractivity contribution in [1.29, 1.82) is 0 Å². The highest BCUT2D eigenvalue weighted by molar-refractivity contribution is 9.09. The first-order valence-electron chi connectivity index (χ1n) is 10.0. The van der Waals surface area contributed by atoms with Gasteiger partial charge in [0.2, 0.25) is 0 Å². The average molecular weight is 387 g/mol. The van der Waals surface area contributed by atoms with Crippen molar-refractivity contribution >= 4 is 15.9 Å². The molecule has 0 unspecified atom stereocenters. The van der Waals surface area contributed by atoms with Crippen LogP contribution >= 0.6 is 15.9 Å². The van der Waals surface area contributed by atoms with Crippen LogP contribution in [0.1, 0.15) is 110 Å². The summed E-state index contributed by atoms with van der Waals surface area (Å²) < 4.78 is 0. The maximum absolute atomic E-state index is 9.61. The number of hydrogen-bond donors (Lipinski definition) is 1. The predicted octanol–water partition coefficient (Wildman–Crippen LogP) is 7.01. The number of hydrogen-bond acceptors (Lipinski definition) is 1. The van der Waals surface area contributed by atoms with Gasteiger partial charge >= 0.3 is 0 Å². The van der Waals surface area contributed by atoms with E-state index in [0.29, 0.717) is 0 Å². The molecule has 0 spiro atoms. The second-order valence-corrected chi connectivity index (χ2v) is 7.45. The van der Waals surface area contributed by atoms with E-state index in [2.05, 4.69) is 34.7 Å². The monoisotopic (exact) mass is 386 g/mol. The molecule has 0 heterocycles. The van der Waals surface area contributed by atoms with Crippen LogP contribution in [-0.2, 0) is 0 Å². The van der Waals surface area contributed by atoms with Crippen LogP contribution in [0.5, 0.6) is 0 Å². The van der Waals surface area contributed by atoms with E-state index in [1.54, 1.807) is 0 Å². The van der Waals surface area contributed by atoms with E-state index in [1.807, 2.05) is 0 Å². The molecular formula is C21H39BrO. The van der Waals surface area contributed by atoms with Crippen LogP contribution in [0.3, 0.4) is 0 Å². The molecule has 1 atom stereocenters. The molecule has 136 valence electrons. The van der Waals surface area contributed by atoms with Crippen LogP contribution in [-0.4, -0.2) is 16.5 Å². The summed E-state index contributed by atoms with van der Waals surface area (Å²) in [6.45, 7) is 2.15. The Kier molecular flexibility index (Phi) is 20.0. The Morgan fingerprint density at radius 2 is 1.22 bits per heavy atom. The SMILES string of the molecule is CCCC[C@H](O)C#CCCCCCCCCCCCCCCBr. The first-order valence-corrected chi connectivity index (χ1v) is 11.2. The zero-order valence-corrected chi connectivity index (χ0v) is 17.0. The summed E-state index contributed by atoms with van der Waals surface area (Å²) >= 11 is 3.48. The minimum atomic E-state index is -0.394. The van der Waals surface area contributed by atoms with E-state index >= 15 is 0 Å². The molecule has 0 aromatic heterocycles. The van der Waals surface area contributed by atoms with Crippen molar-refractivity contribution in [2.75, 3.05) is 5.33 Å². The minimum Gasteiger partial charge on any atom is -0.380 e. The first kappa shape index (κ1) is 23.0. The van der Waals surface area contributed by atoms with Crippen LogP contribution in [0.2, 0.25) is 0 Å². The highest BCUT2D eigenvalue weighted by Gasteiger charge is 1.96. The first-order chi connectivity index (χ1) is 11.3. The van der Waals surface area contributed by atoms with Gasteiger partial charge in [-0.25, -0.2) is 0 Å². The Morgan fingerprint density at radius 3 is 1.70 bits per heavy atom. The number of aliphatic hydroxyl groups excluding tert-OH is 1. The van der Waals surface area contributed by atoms with E-state index in [4.69, 9.17) is 0 Å². The lowest BCUT2D eigenvalue weighted by atomic mass is 10.0. The molecular weight excluding hydrogens is 348 g/mol. The third kappa shape index (κ3) is 20.0. The Labute approximate surface area is 154 Å². The van der Waals surface area contributed by atoms with Crippen molar-refractivity contribution in [3.05, 3.63) is 0 Å². The Balaban J connectivity index is 3.15. The van der Waals surface area contributed by atoms with Gasteiger partial charge in [-0.15, -0.1) is 5.92 Å². The van der Waals surface area contributed by atoms with Crippen LogP contribution in [0.25, 0.3) is 0 Å². The Morgan fingerprint density at radius 1 is 0.739 bits per heavy atom. The maximum Gasteiger partial charge on any atom is 0.114 e. The number of unbranched alkanes of at least 4 members (excludes halogenated alkanes) is 13.